The summed E-state index contributed by atoms with van der Waals surface area (Å²) in [6.07, 6.45) is 4.30. The van der Waals surface area contributed by atoms with Gasteiger partial charge in [-0.25, -0.2) is 0 Å². The van der Waals surface area contributed by atoms with Crippen molar-refractivity contribution in [2.75, 3.05) is 14.1 Å². The van der Waals surface area contributed by atoms with Gasteiger partial charge >= 0.3 is 0 Å². The van der Waals surface area contributed by atoms with Gasteiger partial charge in [0.15, 0.2) is 5.96 Å². The van der Waals surface area contributed by atoms with Crippen molar-refractivity contribution in [2.24, 2.45) is 4.99 Å². The maximum Gasteiger partial charge on any atom is 0.199 e. The SMILES string of the molecule is CN=C1NC(n2ccc3ccccc32)=CC(C)N1C. The van der Waals surface area contributed by atoms with Crippen LogP contribution in [0, 0.1) is 0 Å². The molecule has 2 aromatic rings. The van der Waals surface area contributed by atoms with Crippen LogP contribution in [0.4, 0.5) is 0 Å². The van der Waals surface area contributed by atoms with Crippen LogP contribution >= 0.6 is 0 Å². The van der Waals surface area contributed by atoms with Crippen molar-refractivity contribution in [3.8, 4) is 0 Å². The lowest BCUT2D eigenvalue weighted by Gasteiger charge is -2.32. The predicted molar refractivity (Wildman–Crippen MR) is 79.9 cm³/mol. The number of nitrogens with one attached hydrogen (secondary N) is 1. The molecule has 0 saturated heterocycles. The molecule has 0 fully saturated rings. The van der Waals surface area contributed by atoms with Gasteiger partial charge in [0.25, 0.3) is 0 Å². The molecule has 0 spiro atoms. The molecule has 1 N–H and O–H groups in total. The van der Waals surface area contributed by atoms with E-state index in [-0.39, 0.29) is 0 Å². The molecule has 3 rings (SSSR count). The Morgan fingerprint density at radius 3 is 2.79 bits per heavy atom. The van der Waals surface area contributed by atoms with E-state index in [1.54, 1.807) is 0 Å². The number of hydrogen-bond donors (Lipinski definition) is 1. The van der Waals surface area contributed by atoms with Crippen LogP contribution in [0.3, 0.4) is 0 Å². The molecule has 0 bridgehead atoms. The maximum atomic E-state index is 4.30. The molecule has 4 heteroatoms. The maximum absolute atomic E-state index is 4.30. The lowest BCUT2D eigenvalue weighted by Crippen LogP contribution is -2.47. The number of benzene rings is 1. The van der Waals surface area contributed by atoms with Crippen molar-refractivity contribution < 1.29 is 0 Å². The summed E-state index contributed by atoms with van der Waals surface area (Å²) < 4.78 is 2.17. The molecule has 1 aliphatic heterocycles. The first-order chi connectivity index (χ1) is 9.20. The van der Waals surface area contributed by atoms with E-state index in [4.69, 9.17) is 0 Å². The fraction of sp³-hybridized carbons (Fsp3) is 0.267. The Bertz CT molecular complexity index is 666. The summed E-state index contributed by atoms with van der Waals surface area (Å²) >= 11 is 0. The lowest BCUT2D eigenvalue weighted by molar-refractivity contribution is 0.429. The number of rotatable bonds is 1. The van der Waals surface area contributed by atoms with Crippen molar-refractivity contribution in [1.29, 1.82) is 0 Å². The second-order valence-electron chi connectivity index (χ2n) is 4.82. The van der Waals surface area contributed by atoms with Gasteiger partial charge in [-0.15, -0.1) is 0 Å². The molecular formula is C15H18N4. The van der Waals surface area contributed by atoms with Gasteiger partial charge in [0.1, 0.15) is 5.82 Å². The van der Waals surface area contributed by atoms with Gasteiger partial charge in [-0.05, 0) is 30.5 Å². The Balaban J connectivity index is 2.09. The third-order valence-corrected chi connectivity index (χ3v) is 3.65. The molecule has 1 atom stereocenters. The number of aromatic nitrogens is 1. The Labute approximate surface area is 113 Å². The standard InChI is InChI=1S/C15H18N4/c1-11-10-14(17-15(16-2)18(11)3)19-9-8-12-6-4-5-7-13(12)19/h4-11H,1-3H3,(H,16,17). The Morgan fingerprint density at radius 1 is 1.21 bits per heavy atom. The normalized spacial score (nSPS) is 21.6. The monoisotopic (exact) mass is 254 g/mol. The van der Waals surface area contributed by atoms with Crippen molar-refractivity contribution in [3.05, 3.63) is 42.6 Å². The molecule has 0 aliphatic carbocycles. The van der Waals surface area contributed by atoms with Gasteiger partial charge < -0.3 is 14.8 Å². The summed E-state index contributed by atoms with van der Waals surface area (Å²) in [4.78, 5) is 6.42. The van der Waals surface area contributed by atoms with E-state index in [1.165, 1.54) is 10.9 Å². The minimum Gasteiger partial charge on any atom is -0.339 e. The zero-order chi connectivity index (χ0) is 13.4. The molecule has 0 amide bonds. The number of para-hydroxylation sites is 1. The number of likely N-dealkylation sites (N-methyl/N-ethyl adjacent to an activating group) is 1. The van der Waals surface area contributed by atoms with Gasteiger partial charge in [0.05, 0.1) is 11.6 Å². The molecule has 1 unspecified atom stereocenters. The van der Waals surface area contributed by atoms with Crippen LogP contribution in [-0.2, 0) is 0 Å². The molecule has 1 aromatic heterocycles. The molecule has 98 valence electrons. The van der Waals surface area contributed by atoms with E-state index in [0.717, 1.165) is 11.8 Å². The van der Waals surface area contributed by atoms with Crippen molar-refractivity contribution in [1.82, 2.24) is 14.8 Å². The fourth-order valence-corrected chi connectivity index (χ4v) is 2.42. The molecule has 0 radical (unpaired) electrons. The van der Waals surface area contributed by atoms with E-state index in [0.29, 0.717) is 6.04 Å². The largest absolute Gasteiger partial charge is 0.339 e. The summed E-state index contributed by atoms with van der Waals surface area (Å²) in [7, 11) is 3.85. The second-order valence-corrected chi connectivity index (χ2v) is 4.82. The highest BCUT2D eigenvalue weighted by Gasteiger charge is 2.20. The first kappa shape index (κ1) is 11.8. The van der Waals surface area contributed by atoms with Gasteiger partial charge in [-0.2, -0.15) is 0 Å². The van der Waals surface area contributed by atoms with E-state index in [9.17, 15) is 0 Å². The van der Waals surface area contributed by atoms with Gasteiger partial charge in [0.2, 0.25) is 0 Å². The number of aliphatic imine (C=N–C) groups is 1. The molecular weight excluding hydrogens is 236 g/mol. The summed E-state index contributed by atoms with van der Waals surface area (Å²) in [5.74, 6) is 1.95. The second kappa shape index (κ2) is 4.46. The minimum absolute atomic E-state index is 0.316. The zero-order valence-electron chi connectivity index (χ0n) is 11.5. The van der Waals surface area contributed by atoms with Gasteiger partial charge in [-0.3, -0.25) is 4.99 Å². The van der Waals surface area contributed by atoms with Crippen LogP contribution in [-0.4, -0.2) is 35.6 Å². The molecule has 19 heavy (non-hydrogen) atoms. The highest BCUT2D eigenvalue weighted by molar-refractivity contribution is 5.91. The zero-order valence-corrected chi connectivity index (χ0v) is 11.5. The Hall–Kier alpha value is -2.23. The summed E-state index contributed by atoms with van der Waals surface area (Å²) in [6, 6.07) is 10.8. The number of guanidine groups is 1. The lowest BCUT2D eigenvalue weighted by atomic mass is 10.2. The van der Waals surface area contributed by atoms with Crippen LogP contribution in [0.15, 0.2) is 47.6 Å². The van der Waals surface area contributed by atoms with Crippen LogP contribution in [0.25, 0.3) is 16.7 Å². The number of nitrogens with zero attached hydrogens (tertiary/aromatic N) is 3. The average Bonchev–Trinajstić information content (AvgIpc) is 2.85. The molecule has 4 nitrogen and oxygen atoms in total. The first-order valence-corrected chi connectivity index (χ1v) is 6.45. The molecule has 2 heterocycles. The first-order valence-electron chi connectivity index (χ1n) is 6.45. The van der Waals surface area contributed by atoms with Gasteiger partial charge in [-0.1, -0.05) is 18.2 Å². The van der Waals surface area contributed by atoms with Crippen molar-refractivity contribution in [2.45, 2.75) is 13.0 Å². The fourth-order valence-electron chi connectivity index (χ4n) is 2.42. The number of hydrogen-bond acceptors (Lipinski definition) is 1. The van der Waals surface area contributed by atoms with Crippen LogP contribution in [0.5, 0.6) is 0 Å². The van der Waals surface area contributed by atoms with Gasteiger partial charge in [0, 0.05) is 20.3 Å². The topological polar surface area (TPSA) is 32.6 Å². The minimum atomic E-state index is 0.316. The third-order valence-electron chi connectivity index (χ3n) is 3.65. The third kappa shape index (κ3) is 1.89. The van der Waals surface area contributed by atoms with Crippen LogP contribution in [0.2, 0.25) is 0 Å². The average molecular weight is 254 g/mol. The Morgan fingerprint density at radius 2 is 2.00 bits per heavy atom. The van der Waals surface area contributed by atoms with E-state index in [2.05, 4.69) is 69.3 Å². The highest BCUT2D eigenvalue weighted by atomic mass is 15.3. The summed E-state index contributed by atoms with van der Waals surface area (Å²) in [5, 5.41) is 4.62. The molecule has 1 aromatic carbocycles. The van der Waals surface area contributed by atoms with Crippen molar-refractivity contribution in [3.63, 3.8) is 0 Å². The van der Waals surface area contributed by atoms with E-state index in [1.807, 2.05) is 14.1 Å². The quantitative estimate of drug-likeness (QED) is 0.847. The van der Waals surface area contributed by atoms with E-state index < -0.39 is 0 Å². The Kier molecular flexibility index (Phi) is 2.78. The number of fused-ring (bicyclic) bond motifs is 1. The summed E-state index contributed by atoms with van der Waals surface area (Å²) in [5.41, 5.74) is 1.20. The van der Waals surface area contributed by atoms with Crippen LogP contribution in [0.1, 0.15) is 6.92 Å². The summed E-state index contributed by atoms with van der Waals surface area (Å²) in [6.45, 7) is 2.16. The van der Waals surface area contributed by atoms with Crippen molar-refractivity contribution >= 4 is 22.7 Å². The van der Waals surface area contributed by atoms with E-state index >= 15 is 0 Å². The molecule has 1 aliphatic rings. The predicted octanol–water partition coefficient (Wildman–Crippen LogP) is 2.35. The smallest absolute Gasteiger partial charge is 0.199 e. The molecule has 0 saturated carbocycles. The highest BCUT2D eigenvalue weighted by Crippen LogP contribution is 2.21. The van der Waals surface area contributed by atoms with Crippen LogP contribution < -0.4 is 5.32 Å².